The van der Waals surface area contributed by atoms with Gasteiger partial charge in [0.05, 0.1) is 5.75 Å². The van der Waals surface area contributed by atoms with Gasteiger partial charge in [0, 0.05) is 26.6 Å². The van der Waals surface area contributed by atoms with Crippen LogP contribution in [0.1, 0.15) is 39.5 Å². The van der Waals surface area contributed by atoms with Crippen LogP contribution in [0.25, 0.3) is 0 Å². The molecular weight excluding hydrogens is 338 g/mol. The Morgan fingerprint density at radius 3 is 2.70 bits per heavy atom. The lowest BCUT2D eigenvalue weighted by Crippen LogP contribution is -2.36. The van der Waals surface area contributed by atoms with E-state index in [2.05, 4.69) is 17.6 Å². The summed E-state index contributed by atoms with van der Waals surface area (Å²) in [5, 5.41) is 6.28. The summed E-state index contributed by atoms with van der Waals surface area (Å²) in [5.41, 5.74) is 0. The van der Waals surface area contributed by atoms with Crippen LogP contribution in [0.5, 0.6) is 0 Å². The first-order valence-corrected chi connectivity index (χ1v) is 9.89. The monoisotopic (exact) mass is 369 g/mol. The van der Waals surface area contributed by atoms with E-state index in [0.29, 0.717) is 37.8 Å². The summed E-state index contributed by atoms with van der Waals surface area (Å²) in [4.78, 5) is 11.9. The molecule has 0 aromatic heterocycles. The van der Waals surface area contributed by atoms with Gasteiger partial charge in [-0.15, -0.1) is 12.4 Å². The van der Waals surface area contributed by atoms with Crippen molar-refractivity contribution in [1.82, 2.24) is 14.9 Å². The van der Waals surface area contributed by atoms with Gasteiger partial charge >= 0.3 is 0 Å². The summed E-state index contributed by atoms with van der Waals surface area (Å²) in [5.74, 6) is 1.15. The minimum absolute atomic E-state index is 0. The SMILES string of the molecule is CCS(=O)(=O)N(C)CCCNC(=O)CC(C)C1CCCNC1.Cl. The lowest BCUT2D eigenvalue weighted by molar-refractivity contribution is -0.122. The highest BCUT2D eigenvalue weighted by Gasteiger charge is 2.21. The van der Waals surface area contributed by atoms with Crippen LogP contribution in [0.3, 0.4) is 0 Å². The van der Waals surface area contributed by atoms with Gasteiger partial charge < -0.3 is 10.6 Å². The van der Waals surface area contributed by atoms with E-state index in [9.17, 15) is 13.2 Å². The maximum atomic E-state index is 11.9. The molecule has 1 heterocycles. The second-order valence-corrected chi connectivity index (χ2v) is 8.58. The normalized spacial score (nSPS) is 19.9. The Morgan fingerprint density at radius 2 is 2.13 bits per heavy atom. The van der Waals surface area contributed by atoms with Gasteiger partial charge in [-0.2, -0.15) is 0 Å². The average molecular weight is 370 g/mol. The van der Waals surface area contributed by atoms with Gasteiger partial charge in [0.25, 0.3) is 0 Å². The second-order valence-electron chi connectivity index (χ2n) is 6.21. The molecule has 23 heavy (non-hydrogen) atoms. The van der Waals surface area contributed by atoms with Crippen LogP contribution in [0, 0.1) is 11.8 Å². The fraction of sp³-hybridized carbons (Fsp3) is 0.933. The molecule has 1 amide bonds. The lowest BCUT2D eigenvalue weighted by Gasteiger charge is -2.28. The molecular formula is C15H32ClN3O3S. The summed E-state index contributed by atoms with van der Waals surface area (Å²) in [6, 6.07) is 0. The van der Waals surface area contributed by atoms with Crippen LogP contribution in [0.4, 0.5) is 0 Å². The molecule has 0 bridgehead atoms. The molecule has 2 unspecified atom stereocenters. The second kappa shape index (κ2) is 11.2. The van der Waals surface area contributed by atoms with Crippen LogP contribution in [0.2, 0.25) is 0 Å². The molecule has 0 aliphatic carbocycles. The molecule has 1 fully saturated rings. The third-order valence-electron chi connectivity index (χ3n) is 4.46. The number of amides is 1. The van der Waals surface area contributed by atoms with E-state index in [1.54, 1.807) is 14.0 Å². The van der Waals surface area contributed by atoms with Crippen LogP contribution >= 0.6 is 12.4 Å². The fourth-order valence-corrected chi connectivity index (χ4v) is 3.63. The van der Waals surface area contributed by atoms with E-state index in [1.807, 2.05) is 0 Å². The zero-order chi connectivity index (χ0) is 16.6. The molecule has 8 heteroatoms. The van der Waals surface area contributed by atoms with Crippen molar-refractivity contribution in [2.45, 2.75) is 39.5 Å². The predicted octanol–water partition coefficient (Wildman–Crippen LogP) is 1.22. The summed E-state index contributed by atoms with van der Waals surface area (Å²) in [6.07, 6.45) is 3.58. The number of halogens is 1. The topological polar surface area (TPSA) is 78.5 Å². The molecule has 138 valence electrons. The van der Waals surface area contributed by atoms with Crippen LogP contribution < -0.4 is 10.6 Å². The van der Waals surface area contributed by atoms with Crippen LogP contribution in [0.15, 0.2) is 0 Å². The zero-order valence-corrected chi connectivity index (χ0v) is 16.1. The smallest absolute Gasteiger partial charge is 0.220 e. The van der Waals surface area contributed by atoms with Gasteiger partial charge in [0.1, 0.15) is 0 Å². The maximum Gasteiger partial charge on any atom is 0.220 e. The van der Waals surface area contributed by atoms with Crippen molar-refractivity contribution in [3.63, 3.8) is 0 Å². The molecule has 2 atom stereocenters. The molecule has 6 nitrogen and oxygen atoms in total. The van der Waals surface area contributed by atoms with Crippen LogP contribution in [-0.4, -0.2) is 57.6 Å². The molecule has 0 spiro atoms. The Balaban J connectivity index is 0.00000484. The Bertz CT molecular complexity index is 439. The number of hydrogen-bond acceptors (Lipinski definition) is 4. The molecule has 1 aliphatic heterocycles. The van der Waals surface area contributed by atoms with E-state index in [1.165, 1.54) is 17.1 Å². The van der Waals surface area contributed by atoms with E-state index < -0.39 is 10.0 Å². The lowest BCUT2D eigenvalue weighted by atomic mass is 9.85. The molecule has 1 aliphatic rings. The number of hydrogen-bond donors (Lipinski definition) is 2. The maximum absolute atomic E-state index is 11.9. The standard InChI is InChI=1S/C15H31N3O3S.ClH/c1-4-22(20,21)18(3)10-6-9-17-15(19)11-13(2)14-7-5-8-16-12-14;/h13-14,16H,4-12H2,1-3H3,(H,17,19);1H. The predicted molar refractivity (Wildman–Crippen MR) is 96.3 cm³/mol. The number of nitrogens with zero attached hydrogens (tertiary/aromatic N) is 1. The van der Waals surface area contributed by atoms with Crippen LogP contribution in [-0.2, 0) is 14.8 Å². The first-order chi connectivity index (χ1) is 10.4. The van der Waals surface area contributed by atoms with Crippen molar-refractivity contribution in [2.24, 2.45) is 11.8 Å². The third kappa shape index (κ3) is 8.33. The van der Waals surface area contributed by atoms with Crippen molar-refractivity contribution in [2.75, 3.05) is 39.0 Å². The fourth-order valence-electron chi connectivity index (χ4n) is 2.78. The minimum Gasteiger partial charge on any atom is -0.356 e. The molecule has 0 saturated carbocycles. The number of rotatable bonds is 9. The number of piperidine rings is 1. The highest BCUT2D eigenvalue weighted by Crippen LogP contribution is 2.22. The van der Waals surface area contributed by atoms with Gasteiger partial charge in [0.15, 0.2) is 0 Å². The Morgan fingerprint density at radius 1 is 1.43 bits per heavy atom. The summed E-state index contributed by atoms with van der Waals surface area (Å²) in [6.45, 7) is 6.84. The van der Waals surface area contributed by atoms with Gasteiger partial charge in [0.2, 0.25) is 15.9 Å². The van der Waals surface area contributed by atoms with Gasteiger partial charge in [-0.1, -0.05) is 6.92 Å². The molecule has 1 rings (SSSR count). The Hall–Kier alpha value is -0.370. The third-order valence-corrected chi connectivity index (χ3v) is 6.32. The number of carbonyl (C=O) groups excluding carboxylic acids is 1. The zero-order valence-electron chi connectivity index (χ0n) is 14.5. The van der Waals surface area contributed by atoms with Crippen molar-refractivity contribution in [1.29, 1.82) is 0 Å². The molecule has 1 saturated heterocycles. The molecule has 2 N–H and O–H groups in total. The molecule has 0 aromatic rings. The molecule has 0 aromatic carbocycles. The van der Waals surface area contributed by atoms with Gasteiger partial charge in [-0.05, 0) is 51.1 Å². The summed E-state index contributed by atoms with van der Waals surface area (Å²) >= 11 is 0. The first kappa shape index (κ1) is 22.6. The Labute approximate surface area is 147 Å². The first-order valence-electron chi connectivity index (χ1n) is 8.28. The quantitative estimate of drug-likeness (QED) is 0.599. The number of nitrogens with one attached hydrogen (secondary N) is 2. The van der Waals surface area contributed by atoms with Crippen molar-refractivity contribution < 1.29 is 13.2 Å². The van der Waals surface area contributed by atoms with Gasteiger partial charge in [-0.3, -0.25) is 4.79 Å². The van der Waals surface area contributed by atoms with Gasteiger partial charge in [-0.25, -0.2) is 12.7 Å². The van der Waals surface area contributed by atoms with E-state index in [-0.39, 0.29) is 24.1 Å². The number of sulfonamides is 1. The largest absolute Gasteiger partial charge is 0.356 e. The van der Waals surface area contributed by atoms with Crippen molar-refractivity contribution in [3.05, 3.63) is 0 Å². The van der Waals surface area contributed by atoms with Crippen molar-refractivity contribution >= 4 is 28.3 Å². The number of carbonyl (C=O) groups is 1. The van der Waals surface area contributed by atoms with E-state index in [0.717, 1.165) is 13.1 Å². The molecule has 0 radical (unpaired) electrons. The van der Waals surface area contributed by atoms with E-state index >= 15 is 0 Å². The Kier molecular flexibility index (Phi) is 11.1. The summed E-state index contributed by atoms with van der Waals surface area (Å²) in [7, 11) is -1.54. The minimum atomic E-state index is -3.12. The highest BCUT2D eigenvalue weighted by atomic mass is 35.5. The summed E-state index contributed by atoms with van der Waals surface area (Å²) < 4.78 is 24.5. The average Bonchev–Trinajstić information content (AvgIpc) is 2.52. The highest BCUT2D eigenvalue weighted by molar-refractivity contribution is 7.89. The van der Waals surface area contributed by atoms with E-state index in [4.69, 9.17) is 0 Å². The van der Waals surface area contributed by atoms with Crippen molar-refractivity contribution in [3.8, 4) is 0 Å².